The van der Waals surface area contributed by atoms with E-state index in [1.165, 1.54) is 6.07 Å². The number of nitrogens with one attached hydrogen (secondary N) is 1. The van der Waals surface area contributed by atoms with E-state index >= 15 is 0 Å². The highest BCUT2D eigenvalue weighted by atomic mass is 19.1. The van der Waals surface area contributed by atoms with Crippen molar-refractivity contribution in [1.29, 1.82) is 0 Å². The summed E-state index contributed by atoms with van der Waals surface area (Å²) in [6.45, 7) is 6.09. The van der Waals surface area contributed by atoms with Gasteiger partial charge in [0.1, 0.15) is 5.82 Å². The van der Waals surface area contributed by atoms with Crippen molar-refractivity contribution in [3.63, 3.8) is 0 Å². The second-order valence-corrected chi connectivity index (χ2v) is 9.35. The first-order valence-corrected chi connectivity index (χ1v) is 11.8. The summed E-state index contributed by atoms with van der Waals surface area (Å²) in [6.07, 6.45) is 5.01. The Balaban J connectivity index is 1.35. The summed E-state index contributed by atoms with van der Waals surface area (Å²) in [6, 6.07) is 5.18. The predicted octanol–water partition coefficient (Wildman–Crippen LogP) is 3.09. The van der Waals surface area contributed by atoms with Gasteiger partial charge in [0.05, 0.1) is 0 Å². The van der Waals surface area contributed by atoms with Gasteiger partial charge in [0.15, 0.2) is 0 Å². The molecule has 0 radical (unpaired) electrons. The molecule has 2 heterocycles. The van der Waals surface area contributed by atoms with Gasteiger partial charge in [-0.25, -0.2) is 9.18 Å². The zero-order chi connectivity index (χ0) is 22.7. The van der Waals surface area contributed by atoms with Crippen molar-refractivity contribution >= 4 is 17.6 Å². The van der Waals surface area contributed by atoms with Crippen LogP contribution in [-0.4, -0.2) is 85.2 Å². The molecular weight excluding hydrogens is 411 g/mol. The maximum absolute atomic E-state index is 13.8. The minimum absolute atomic E-state index is 0.248. The molecule has 1 N–H and O–H groups in total. The predicted molar refractivity (Wildman–Crippen MR) is 121 cm³/mol. The van der Waals surface area contributed by atoms with Gasteiger partial charge < -0.3 is 19.9 Å². The number of nitrogens with zero attached hydrogens (tertiary/aromatic N) is 3. The summed E-state index contributed by atoms with van der Waals surface area (Å²) >= 11 is 0. The minimum atomic E-state index is -0.331. The molecule has 3 aliphatic rings. The smallest absolute Gasteiger partial charge is 0.321 e. The van der Waals surface area contributed by atoms with E-state index in [-0.39, 0.29) is 17.8 Å². The Morgan fingerprint density at radius 2 is 1.88 bits per heavy atom. The van der Waals surface area contributed by atoms with Crippen LogP contribution in [0, 0.1) is 18.7 Å². The van der Waals surface area contributed by atoms with Crippen LogP contribution >= 0.6 is 0 Å². The van der Waals surface area contributed by atoms with Crippen LogP contribution < -0.4 is 5.32 Å². The third-order valence-electron chi connectivity index (χ3n) is 7.08. The summed E-state index contributed by atoms with van der Waals surface area (Å²) in [5.74, 6) is 0.246. The van der Waals surface area contributed by atoms with Crippen LogP contribution in [0.4, 0.5) is 14.9 Å². The van der Waals surface area contributed by atoms with Gasteiger partial charge >= 0.3 is 6.03 Å². The lowest BCUT2D eigenvalue weighted by Gasteiger charge is -2.39. The Hall–Kier alpha value is -2.19. The molecule has 1 saturated carbocycles. The number of ether oxygens (including phenoxy) is 1. The third-order valence-corrected chi connectivity index (χ3v) is 7.08. The average molecular weight is 447 g/mol. The van der Waals surface area contributed by atoms with Gasteiger partial charge in [0, 0.05) is 75.7 Å². The number of benzene rings is 1. The van der Waals surface area contributed by atoms with Crippen molar-refractivity contribution in [1.82, 2.24) is 14.7 Å². The molecule has 8 heteroatoms. The molecule has 1 aromatic rings. The molecule has 1 unspecified atom stereocenters. The summed E-state index contributed by atoms with van der Waals surface area (Å²) in [4.78, 5) is 31.4. The zero-order valence-corrected chi connectivity index (χ0v) is 19.2. The van der Waals surface area contributed by atoms with E-state index in [4.69, 9.17) is 4.74 Å². The molecule has 1 aliphatic carbocycles. The van der Waals surface area contributed by atoms with E-state index < -0.39 is 0 Å². The second-order valence-electron chi connectivity index (χ2n) is 9.35. The molecule has 0 aromatic heterocycles. The van der Waals surface area contributed by atoms with E-state index in [1.807, 2.05) is 4.90 Å². The third kappa shape index (κ3) is 5.41. The SMILES string of the molecule is Cc1c(F)cccc1NC(=O)N(C)CCN(C1CCOCC1)C1CCN(C(=O)C2CC2)C1. The number of carbonyl (C=O) groups is 2. The summed E-state index contributed by atoms with van der Waals surface area (Å²) < 4.78 is 19.4. The van der Waals surface area contributed by atoms with E-state index in [0.717, 1.165) is 65.0 Å². The lowest BCUT2D eigenvalue weighted by Crippen LogP contribution is -2.50. The Bertz CT molecular complexity index is 825. The number of hydrogen-bond donors (Lipinski definition) is 1. The van der Waals surface area contributed by atoms with Crippen LogP contribution in [0.3, 0.4) is 0 Å². The van der Waals surface area contributed by atoms with E-state index in [0.29, 0.717) is 35.8 Å². The van der Waals surface area contributed by atoms with Crippen molar-refractivity contribution in [3.05, 3.63) is 29.6 Å². The maximum Gasteiger partial charge on any atom is 0.321 e. The van der Waals surface area contributed by atoms with Crippen LogP contribution in [0.1, 0.15) is 37.7 Å². The highest BCUT2D eigenvalue weighted by molar-refractivity contribution is 5.90. The Morgan fingerprint density at radius 1 is 1.12 bits per heavy atom. The van der Waals surface area contributed by atoms with Gasteiger partial charge in [-0.3, -0.25) is 9.69 Å². The summed E-state index contributed by atoms with van der Waals surface area (Å²) in [5.41, 5.74) is 0.928. The lowest BCUT2D eigenvalue weighted by molar-refractivity contribution is -0.131. The molecule has 0 bridgehead atoms. The van der Waals surface area contributed by atoms with Crippen molar-refractivity contribution < 1.29 is 18.7 Å². The molecule has 1 atom stereocenters. The number of halogens is 1. The summed E-state index contributed by atoms with van der Waals surface area (Å²) in [7, 11) is 1.77. The topological polar surface area (TPSA) is 65.1 Å². The molecule has 7 nitrogen and oxygen atoms in total. The van der Waals surface area contributed by atoms with Crippen LogP contribution in [0.15, 0.2) is 18.2 Å². The number of carbonyl (C=O) groups excluding carboxylic acids is 2. The number of rotatable bonds is 7. The minimum Gasteiger partial charge on any atom is -0.381 e. The maximum atomic E-state index is 13.8. The lowest BCUT2D eigenvalue weighted by atomic mass is 10.0. The van der Waals surface area contributed by atoms with Gasteiger partial charge in [0.2, 0.25) is 5.91 Å². The highest BCUT2D eigenvalue weighted by Crippen LogP contribution is 2.33. The number of anilines is 1. The molecule has 176 valence electrons. The standard InChI is InChI=1S/C24H35FN4O3/c1-17-21(25)4-3-5-22(17)26-24(31)27(2)12-13-29(19-9-14-32-15-10-19)20-8-11-28(16-20)23(30)18-6-7-18/h3-5,18-20H,6-16H2,1-2H3,(H,26,31). The number of urea groups is 1. The van der Waals surface area contributed by atoms with Gasteiger partial charge in [-0.15, -0.1) is 0 Å². The van der Waals surface area contributed by atoms with Gasteiger partial charge in [-0.1, -0.05) is 6.07 Å². The van der Waals surface area contributed by atoms with Crippen molar-refractivity contribution in [2.24, 2.45) is 5.92 Å². The average Bonchev–Trinajstić information content (AvgIpc) is 3.54. The van der Waals surface area contributed by atoms with Crippen LogP contribution in [0.25, 0.3) is 0 Å². The monoisotopic (exact) mass is 446 g/mol. The first kappa shape index (κ1) is 23.0. The van der Waals surface area contributed by atoms with Gasteiger partial charge in [0.25, 0.3) is 0 Å². The van der Waals surface area contributed by atoms with E-state index in [9.17, 15) is 14.0 Å². The molecular formula is C24H35FN4O3. The fourth-order valence-electron chi connectivity index (χ4n) is 4.80. The first-order valence-electron chi connectivity index (χ1n) is 11.8. The second kappa shape index (κ2) is 10.2. The van der Waals surface area contributed by atoms with Crippen LogP contribution in [-0.2, 0) is 9.53 Å². The van der Waals surface area contributed by atoms with E-state index in [1.54, 1.807) is 31.0 Å². The fourth-order valence-corrected chi connectivity index (χ4v) is 4.80. The number of hydrogen-bond acceptors (Lipinski definition) is 4. The Labute approximate surface area is 189 Å². The fraction of sp³-hybridized carbons (Fsp3) is 0.667. The molecule has 3 amide bonds. The molecule has 1 aromatic carbocycles. The molecule has 4 rings (SSSR count). The number of likely N-dealkylation sites (tertiary alicyclic amines) is 1. The van der Waals surface area contributed by atoms with Gasteiger partial charge in [-0.05, 0) is 51.2 Å². The first-order chi connectivity index (χ1) is 15.4. The Morgan fingerprint density at radius 3 is 2.59 bits per heavy atom. The van der Waals surface area contributed by atoms with Gasteiger partial charge in [-0.2, -0.15) is 0 Å². The quantitative estimate of drug-likeness (QED) is 0.699. The zero-order valence-electron chi connectivity index (χ0n) is 19.2. The molecule has 32 heavy (non-hydrogen) atoms. The van der Waals surface area contributed by atoms with Crippen LogP contribution in [0.5, 0.6) is 0 Å². The normalized spacial score (nSPS) is 21.8. The van der Waals surface area contributed by atoms with Crippen molar-refractivity contribution in [3.8, 4) is 0 Å². The van der Waals surface area contributed by atoms with Crippen LogP contribution in [0.2, 0.25) is 0 Å². The molecule has 2 aliphatic heterocycles. The highest BCUT2D eigenvalue weighted by Gasteiger charge is 2.39. The largest absolute Gasteiger partial charge is 0.381 e. The molecule has 3 fully saturated rings. The molecule has 0 spiro atoms. The molecule has 2 saturated heterocycles. The number of amides is 3. The van der Waals surface area contributed by atoms with Crippen molar-refractivity contribution in [2.75, 3.05) is 51.8 Å². The van der Waals surface area contributed by atoms with E-state index in [2.05, 4.69) is 10.2 Å². The Kier molecular flexibility index (Phi) is 7.30. The van der Waals surface area contributed by atoms with Crippen molar-refractivity contribution in [2.45, 2.75) is 51.1 Å². The summed E-state index contributed by atoms with van der Waals surface area (Å²) in [5, 5.41) is 2.82. The number of likely N-dealkylation sites (N-methyl/N-ethyl adjacent to an activating group) is 1.